The number of para-hydroxylation sites is 1. The quantitative estimate of drug-likeness (QED) is 0.182. The van der Waals surface area contributed by atoms with Gasteiger partial charge in [-0.25, -0.2) is 4.98 Å². The molecule has 0 spiro atoms. The number of aromatic nitrogens is 1. The van der Waals surface area contributed by atoms with E-state index in [1.807, 2.05) is 24.4 Å². The lowest BCUT2D eigenvalue weighted by atomic mass is 10.1. The average molecular weight is 633 g/mol. The summed E-state index contributed by atoms with van der Waals surface area (Å²) in [6, 6.07) is 42.6. The normalized spacial score (nSPS) is 13.1. The average Bonchev–Trinajstić information content (AvgIpc) is 3.81. The van der Waals surface area contributed by atoms with E-state index in [9.17, 15) is 0 Å². The molecule has 0 bridgehead atoms. The van der Waals surface area contributed by atoms with Gasteiger partial charge in [0.05, 0.1) is 21.8 Å². The van der Waals surface area contributed by atoms with Crippen molar-refractivity contribution in [3.05, 3.63) is 140 Å². The first-order chi connectivity index (χ1) is 22.7. The van der Waals surface area contributed by atoms with Gasteiger partial charge in [0, 0.05) is 80.1 Å². The monoisotopic (exact) mass is 632 g/mol. The van der Waals surface area contributed by atoms with E-state index in [-0.39, 0.29) is 0 Å². The van der Waals surface area contributed by atoms with Gasteiger partial charge in [0.25, 0.3) is 0 Å². The summed E-state index contributed by atoms with van der Waals surface area (Å²) >= 11 is 3.59. The molecule has 5 nitrogen and oxygen atoms in total. The Balaban J connectivity index is 1.28. The summed E-state index contributed by atoms with van der Waals surface area (Å²) in [5.74, 6) is 2.49. The number of hydrogen-bond donors (Lipinski definition) is 0. The molecule has 4 heterocycles. The summed E-state index contributed by atoms with van der Waals surface area (Å²) in [5, 5.41) is 4.83. The summed E-state index contributed by atoms with van der Waals surface area (Å²) < 4.78 is 11.9. The fourth-order valence-corrected chi connectivity index (χ4v) is 8.63. The zero-order valence-corrected chi connectivity index (χ0v) is 26.6. The number of rotatable bonds is 6. The van der Waals surface area contributed by atoms with Gasteiger partial charge in [-0.3, -0.25) is 4.90 Å². The Labute approximate surface area is 274 Å². The van der Waals surface area contributed by atoms with Gasteiger partial charge < -0.3 is 14.5 Å². The highest BCUT2D eigenvalue weighted by Crippen LogP contribution is 2.49. The van der Waals surface area contributed by atoms with E-state index in [2.05, 4.69) is 137 Å². The SMILES string of the molecule is CN1C=CN(c2cc(Oc3cc(N(c4ccccc4)c4ccccn4)c4sc5ccccc5c4c3)c3sc4ccccc4c3c2)C1. The van der Waals surface area contributed by atoms with Crippen molar-refractivity contribution >= 4 is 85.9 Å². The second-order valence-corrected chi connectivity index (χ2v) is 13.6. The molecule has 3 aromatic heterocycles. The highest BCUT2D eigenvalue weighted by molar-refractivity contribution is 7.26. The summed E-state index contributed by atoms with van der Waals surface area (Å²) in [4.78, 5) is 11.5. The standard InChI is InChI=1S/C39H28N4OS2/c1-41-19-20-42(25-41)27-21-31-29-13-5-8-16-36(29)46-39(31)34(22-27)44-28-23-32-30-14-6-7-15-35(30)45-38(32)33(24-28)43(26-11-3-2-4-12-26)37-17-9-10-18-40-37/h2-24H,25H2,1H3. The molecule has 0 saturated carbocycles. The van der Waals surface area contributed by atoms with Gasteiger partial charge in [-0.2, -0.15) is 0 Å². The van der Waals surface area contributed by atoms with Crippen LogP contribution in [-0.2, 0) is 0 Å². The van der Waals surface area contributed by atoms with Gasteiger partial charge in [-0.1, -0.05) is 60.7 Å². The lowest BCUT2D eigenvalue weighted by molar-refractivity contribution is 0.487. The van der Waals surface area contributed by atoms with Crippen molar-refractivity contribution in [1.82, 2.24) is 9.88 Å². The second kappa shape index (κ2) is 10.9. The summed E-state index contributed by atoms with van der Waals surface area (Å²) in [5.41, 5.74) is 3.18. The van der Waals surface area contributed by atoms with E-state index >= 15 is 0 Å². The molecule has 0 aliphatic carbocycles. The van der Waals surface area contributed by atoms with Gasteiger partial charge in [-0.05, 0) is 48.5 Å². The molecule has 5 aromatic carbocycles. The molecule has 0 unspecified atom stereocenters. The molecule has 8 aromatic rings. The molecule has 222 valence electrons. The molecule has 9 rings (SSSR count). The molecule has 0 fully saturated rings. The highest BCUT2D eigenvalue weighted by Gasteiger charge is 2.22. The lowest BCUT2D eigenvalue weighted by Gasteiger charge is -2.25. The molecule has 46 heavy (non-hydrogen) atoms. The molecule has 0 N–H and O–H groups in total. The summed E-state index contributed by atoms with van der Waals surface area (Å²) in [6.07, 6.45) is 6.08. The van der Waals surface area contributed by atoms with Gasteiger partial charge in [0.1, 0.15) is 17.3 Å². The Morgan fingerprint density at radius 1 is 0.674 bits per heavy atom. The molecule has 0 radical (unpaired) electrons. The van der Waals surface area contributed by atoms with Gasteiger partial charge in [0.15, 0.2) is 0 Å². The molecule has 0 atom stereocenters. The van der Waals surface area contributed by atoms with Crippen molar-refractivity contribution in [3.63, 3.8) is 0 Å². The minimum absolute atomic E-state index is 0.785. The van der Waals surface area contributed by atoms with Gasteiger partial charge in [-0.15, -0.1) is 22.7 Å². The van der Waals surface area contributed by atoms with Crippen LogP contribution in [0.3, 0.4) is 0 Å². The highest BCUT2D eigenvalue weighted by atomic mass is 32.1. The van der Waals surface area contributed by atoms with Crippen molar-refractivity contribution < 1.29 is 4.74 Å². The van der Waals surface area contributed by atoms with E-state index < -0.39 is 0 Å². The zero-order chi connectivity index (χ0) is 30.6. The zero-order valence-electron chi connectivity index (χ0n) is 25.0. The molecule has 0 amide bonds. The first-order valence-corrected chi connectivity index (χ1v) is 16.8. The van der Waals surface area contributed by atoms with Crippen LogP contribution in [0.2, 0.25) is 0 Å². The lowest BCUT2D eigenvalue weighted by Crippen LogP contribution is -2.21. The van der Waals surface area contributed by atoms with Gasteiger partial charge >= 0.3 is 0 Å². The Morgan fingerprint density at radius 2 is 1.37 bits per heavy atom. The molecule has 0 saturated heterocycles. The third-order valence-corrected chi connectivity index (χ3v) is 10.8. The third-order valence-electron chi connectivity index (χ3n) is 8.43. The Bertz CT molecular complexity index is 2380. The number of ether oxygens (including phenoxy) is 1. The molecular weight excluding hydrogens is 605 g/mol. The fourth-order valence-electron chi connectivity index (χ4n) is 6.31. The van der Waals surface area contributed by atoms with Crippen LogP contribution in [0.1, 0.15) is 0 Å². The summed E-state index contributed by atoms with van der Waals surface area (Å²) in [6.45, 7) is 0.792. The van der Waals surface area contributed by atoms with Crippen molar-refractivity contribution in [3.8, 4) is 11.5 Å². The molecule has 7 heteroatoms. The largest absolute Gasteiger partial charge is 0.456 e. The summed E-state index contributed by atoms with van der Waals surface area (Å²) in [7, 11) is 2.09. The predicted octanol–water partition coefficient (Wildman–Crippen LogP) is 11.3. The number of fused-ring (bicyclic) bond motifs is 6. The van der Waals surface area contributed by atoms with Crippen molar-refractivity contribution in [2.24, 2.45) is 0 Å². The Kier molecular flexibility index (Phi) is 6.40. The number of pyridine rings is 1. The topological polar surface area (TPSA) is 31.8 Å². The van der Waals surface area contributed by atoms with Crippen LogP contribution in [0.5, 0.6) is 11.5 Å². The van der Waals surface area contributed by atoms with Crippen LogP contribution in [0, 0.1) is 0 Å². The van der Waals surface area contributed by atoms with Crippen LogP contribution in [-0.4, -0.2) is 23.6 Å². The number of hydrogen-bond acceptors (Lipinski definition) is 7. The van der Waals surface area contributed by atoms with Crippen LogP contribution in [0.25, 0.3) is 40.3 Å². The van der Waals surface area contributed by atoms with E-state index in [1.165, 1.54) is 30.3 Å². The van der Waals surface area contributed by atoms with Crippen molar-refractivity contribution in [2.45, 2.75) is 0 Å². The van der Waals surface area contributed by atoms with Crippen LogP contribution >= 0.6 is 22.7 Å². The number of benzene rings is 5. The number of anilines is 4. The minimum atomic E-state index is 0.785. The van der Waals surface area contributed by atoms with E-state index in [0.717, 1.165) is 51.1 Å². The number of thiophene rings is 2. The predicted molar refractivity (Wildman–Crippen MR) is 195 cm³/mol. The fraction of sp³-hybridized carbons (Fsp3) is 0.0513. The maximum absolute atomic E-state index is 7.04. The van der Waals surface area contributed by atoms with E-state index in [1.54, 1.807) is 22.7 Å². The first kappa shape index (κ1) is 27.0. The Morgan fingerprint density at radius 3 is 2.09 bits per heavy atom. The second-order valence-electron chi connectivity index (χ2n) is 11.5. The third kappa shape index (κ3) is 4.55. The van der Waals surface area contributed by atoms with Crippen molar-refractivity contribution in [1.29, 1.82) is 0 Å². The Hall–Kier alpha value is -5.37. The van der Waals surface area contributed by atoms with E-state index in [0.29, 0.717) is 0 Å². The molecular formula is C39H28N4OS2. The van der Waals surface area contributed by atoms with Crippen LogP contribution in [0.4, 0.5) is 22.9 Å². The molecule has 1 aliphatic rings. The van der Waals surface area contributed by atoms with Gasteiger partial charge in [0.2, 0.25) is 0 Å². The maximum Gasteiger partial charge on any atom is 0.147 e. The van der Waals surface area contributed by atoms with Crippen molar-refractivity contribution in [2.75, 3.05) is 23.5 Å². The van der Waals surface area contributed by atoms with Crippen LogP contribution in [0.15, 0.2) is 140 Å². The first-order valence-electron chi connectivity index (χ1n) is 15.2. The maximum atomic E-state index is 7.04. The molecule has 1 aliphatic heterocycles. The van der Waals surface area contributed by atoms with E-state index in [4.69, 9.17) is 9.72 Å². The van der Waals surface area contributed by atoms with Crippen LogP contribution < -0.4 is 14.5 Å². The number of nitrogens with zero attached hydrogens (tertiary/aromatic N) is 4. The smallest absolute Gasteiger partial charge is 0.147 e. The minimum Gasteiger partial charge on any atom is -0.456 e.